The van der Waals surface area contributed by atoms with Crippen LogP contribution in [-0.4, -0.2) is 44.6 Å². The van der Waals surface area contributed by atoms with Gasteiger partial charge in [-0.05, 0) is 39.5 Å². The topological polar surface area (TPSA) is 67.1 Å². The van der Waals surface area contributed by atoms with Crippen LogP contribution in [0.3, 0.4) is 0 Å². The second-order valence-corrected chi connectivity index (χ2v) is 7.03. The molecular formula is C15H23N5O. The van der Waals surface area contributed by atoms with E-state index < -0.39 is 0 Å². The summed E-state index contributed by atoms with van der Waals surface area (Å²) in [7, 11) is 2.04. The van der Waals surface area contributed by atoms with Crippen molar-refractivity contribution < 1.29 is 5.11 Å². The highest BCUT2D eigenvalue weighted by Crippen LogP contribution is 2.31. The second kappa shape index (κ2) is 4.94. The van der Waals surface area contributed by atoms with E-state index in [1.807, 2.05) is 17.9 Å². The fourth-order valence-electron chi connectivity index (χ4n) is 2.95. The first kappa shape index (κ1) is 14.3. The monoisotopic (exact) mass is 289 g/mol. The van der Waals surface area contributed by atoms with Crippen molar-refractivity contribution in [1.82, 2.24) is 19.7 Å². The molecule has 1 aliphatic rings. The van der Waals surface area contributed by atoms with Crippen LogP contribution in [0.1, 0.15) is 33.6 Å². The summed E-state index contributed by atoms with van der Waals surface area (Å²) in [5, 5.41) is 14.9. The molecule has 0 aromatic carbocycles. The Morgan fingerprint density at radius 2 is 2.05 bits per heavy atom. The summed E-state index contributed by atoms with van der Waals surface area (Å²) in [6.07, 6.45) is 5.12. The van der Waals surface area contributed by atoms with Crippen LogP contribution in [0.2, 0.25) is 0 Å². The zero-order valence-electron chi connectivity index (χ0n) is 13.1. The first-order chi connectivity index (χ1) is 9.86. The molecular weight excluding hydrogens is 266 g/mol. The molecule has 2 aromatic rings. The maximum atomic E-state index is 9.41. The molecule has 0 amide bonds. The highest BCUT2D eigenvalue weighted by Gasteiger charge is 2.29. The summed E-state index contributed by atoms with van der Waals surface area (Å²) in [6.45, 7) is 7.24. The Morgan fingerprint density at radius 1 is 1.33 bits per heavy atom. The minimum Gasteiger partial charge on any atom is -0.393 e. The molecule has 6 nitrogen and oxygen atoms in total. The van der Waals surface area contributed by atoms with Crippen LogP contribution in [0.5, 0.6) is 0 Å². The molecule has 1 fully saturated rings. The number of aliphatic hydroxyl groups excluding tert-OH is 1. The lowest BCUT2D eigenvalue weighted by molar-refractivity contribution is 0.0464. The average molecular weight is 289 g/mol. The fraction of sp³-hybridized carbons (Fsp3) is 0.667. The van der Waals surface area contributed by atoms with E-state index >= 15 is 0 Å². The lowest BCUT2D eigenvalue weighted by atomic mass is 9.82. The molecule has 2 heterocycles. The Kier molecular flexibility index (Phi) is 3.36. The zero-order valence-corrected chi connectivity index (χ0v) is 13.1. The molecule has 0 aliphatic heterocycles. The lowest BCUT2D eigenvalue weighted by Crippen LogP contribution is -2.37. The van der Waals surface area contributed by atoms with Crippen molar-refractivity contribution in [3.05, 3.63) is 12.5 Å². The van der Waals surface area contributed by atoms with Crippen LogP contribution in [0.25, 0.3) is 11.0 Å². The summed E-state index contributed by atoms with van der Waals surface area (Å²) in [6, 6.07) is 0. The average Bonchev–Trinajstić information content (AvgIpc) is 2.80. The van der Waals surface area contributed by atoms with Gasteiger partial charge in [-0.1, -0.05) is 0 Å². The van der Waals surface area contributed by atoms with Gasteiger partial charge in [-0.25, -0.2) is 14.6 Å². The van der Waals surface area contributed by atoms with E-state index in [1.165, 1.54) is 0 Å². The van der Waals surface area contributed by atoms with Crippen LogP contribution in [0.4, 0.5) is 5.82 Å². The van der Waals surface area contributed by atoms with Gasteiger partial charge in [0, 0.05) is 13.6 Å². The summed E-state index contributed by atoms with van der Waals surface area (Å²) in [4.78, 5) is 11.0. The minimum absolute atomic E-state index is 0.107. The van der Waals surface area contributed by atoms with Gasteiger partial charge in [0.1, 0.15) is 12.1 Å². The maximum Gasteiger partial charge on any atom is 0.163 e. The van der Waals surface area contributed by atoms with E-state index in [9.17, 15) is 5.11 Å². The molecule has 0 unspecified atom stereocenters. The largest absolute Gasteiger partial charge is 0.393 e. The van der Waals surface area contributed by atoms with Crippen LogP contribution in [-0.2, 0) is 5.54 Å². The zero-order chi connectivity index (χ0) is 15.2. The number of fused-ring (bicyclic) bond motifs is 1. The number of anilines is 1. The number of hydrogen-bond donors (Lipinski definition) is 1. The van der Waals surface area contributed by atoms with Crippen LogP contribution in [0.15, 0.2) is 12.5 Å². The third-order valence-electron chi connectivity index (χ3n) is 4.08. The maximum absolute atomic E-state index is 9.41. The number of aliphatic hydroxyl groups is 1. The summed E-state index contributed by atoms with van der Waals surface area (Å²) >= 11 is 0. The molecule has 3 rings (SSSR count). The van der Waals surface area contributed by atoms with E-state index in [0.29, 0.717) is 5.92 Å². The predicted octanol–water partition coefficient (Wildman–Crippen LogP) is 1.79. The Morgan fingerprint density at radius 3 is 2.67 bits per heavy atom. The number of nitrogens with zero attached hydrogens (tertiary/aromatic N) is 5. The quantitative estimate of drug-likeness (QED) is 0.933. The van der Waals surface area contributed by atoms with Crippen molar-refractivity contribution in [1.29, 1.82) is 0 Å². The van der Waals surface area contributed by atoms with Gasteiger partial charge >= 0.3 is 0 Å². The SMILES string of the molecule is CN(CC1CC(O)C1)c1ncnc2c1cnn2C(C)(C)C. The first-order valence-electron chi connectivity index (χ1n) is 7.44. The van der Waals surface area contributed by atoms with E-state index in [0.717, 1.165) is 36.2 Å². The van der Waals surface area contributed by atoms with Gasteiger partial charge in [-0.15, -0.1) is 0 Å². The van der Waals surface area contributed by atoms with Crippen molar-refractivity contribution in [2.24, 2.45) is 5.92 Å². The van der Waals surface area contributed by atoms with Gasteiger partial charge < -0.3 is 10.0 Å². The standard InChI is InChI=1S/C15H23N5O/c1-15(2,3)20-14-12(7-18-20)13(16-9-17-14)19(4)8-10-5-11(21)6-10/h7,9-11,21H,5-6,8H2,1-4H3. The molecule has 1 saturated carbocycles. The molecule has 21 heavy (non-hydrogen) atoms. The molecule has 2 aromatic heterocycles. The molecule has 0 saturated heterocycles. The van der Waals surface area contributed by atoms with E-state index in [2.05, 4.69) is 40.7 Å². The lowest BCUT2D eigenvalue weighted by Gasteiger charge is -2.34. The third-order valence-corrected chi connectivity index (χ3v) is 4.08. The highest BCUT2D eigenvalue weighted by molar-refractivity contribution is 5.86. The van der Waals surface area contributed by atoms with Gasteiger partial charge in [0.25, 0.3) is 0 Å². The van der Waals surface area contributed by atoms with Gasteiger partial charge in [0.2, 0.25) is 0 Å². The Hall–Kier alpha value is -1.69. The predicted molar refractivity (Wildman–Crippen MR) is 82.3 cm³/mol. The van der Waals surface area contributed by atoms with Crippen molar-refractivity contribution >= 4 is 16.9 Å². The van der Waals surface area contributed by atoms with Gasteiger partial charge in [-0.2, -0.15) is 5.10 Å². The van der Waals surface area contributed by atoms with Crippen LogP contribution in [0, 0.1) is 5.92 Å². The molecule has 1 aliphatic carbocycles. The fourth-order valence-corrected chi connectivity index (χ4v) is 2.95. The van der Waals surface area contributed by atoms with Gasteiger partial charge in [0.05, 0.1) is 23.2 Å². The summed E-state index contributed by atoms with van der Waals surface area (Å²) in [5.74, 6) is 1.46. The number of aromatic nitrogens is 4. The van der Waals surface area contributed by atoms with Crippen LogP contribution >= 0.6 is 0 Å². The molecule has 1 N–H and O–H groups in total. The van der Waals surface area contributed by atoms with Crippen molar-refractivity contribution in [2.75, 3.05) is 18.5 Å². The van der Waals surface area contributed by atoms with E-state index in [4.69, 9.17) is 0 Å². The summed E-state index contributed by atoms with van der Waals surface area (Å²) < 4.78 is 1.94. The summed E-state index contributed by atoms with van der Waals surface area (Å²) in [5.41, 5.74) is 0.761. The molecule has 0 bridgehead atoms. The first-order valence-corrected chi connectivity index (χ1v) is 7.44. The van der Waals surface area contributed by atoms with Gasteiger partial charge in [-0.3, -0.25) is 0 Å². The van der Waals surface area contributed by atoms with Crippen molar-refractivity contribution in [3.63, 3.8) is 0 Å². The molecule has 114 valence electrons. The normalized spacial score (nSPS) is 22.3. The molecule has 0 atom stereocenters. The Bertz CT molecular complexity index is 639. The van der Waals surface area contributed by atoms with Gasteiger partial charge in [0.15, 0.2) is 5.65 Å². The molecule has 0 radical (unpaired) electrons. The van der Waals surface area contributed by atoms with Crippen molar-refractivity contribution in [2.45, 2.75) is 45.3 Å². The van der Waals surface area contributed by atoms with E-state index in [1.54, 1.807) is 6.33 Å². The Balaban J connectivity index is 1.90. The highest BCUT2D eigenvalue weighted by atomic mass is 16.3. The minimum atomic E-state index is -0.113. The number of rotatable bonds is 3. The Labute approximate surface area is 124 Å². The molecule has 0 spiro atoms. The van der Waals surface area contributed by atoms with E-state index in [-0.39, 0.29) is 11.6 Å². The smallest absolute Gasteiger partial charge is 0.163 e. The second-order valence-electron chi connectivity index (χ2n) is 7.03. The number of hydrogen-bond acceptors (Lipinski definition) is 5. The third kappa shape index (κ3) is 2.60. The van der Waals surface area contributed by atoms with Crippen LogP contribution < -0.4 is 4.90 Å². The molecule has 6 heteroatoms. The van der Waals surface area contributed by atoms with Crippen molar-refractivity contribution in [3.8, 4) is 0 Å².